The van der Waals surface area contributed by atoms with Crippen LogP contribution >= 0.6 is 12.2 Å². The Morgan fingerprint density at radius 1 is 1.22 bits per heavy atom. The number of thiocarbonyl (C=S) groups is 1. The van der Waals surface area contributed by atoms with Gasteiger partial charge in [-0.3, -0.25) is 20.2 Å². The van der Waals surface area contributed by atoms with Crippen molar-refractivity contribution in [1.82, 2.24) is 15.5 Å². The maximum atomic E-state index is 12.1. The van der Waals surface area contributed by atoms with Gasteiger partial charge in [-0.15, -0.1) is 0 Å². The summed E-state index contributed by atoms with van der Waals surface area (Å²) in [5.74, 6) is -0.927. The Balaban J connectivity index is 1.87. The standard InChI is InChI=1S/C16H19N3O3S/c1-9-6-11(13-14(20)17-16(23)18-15(13)21)7-10(2)19(9)8-12-4-3-5-22-12/h6-7,12H,3-5,8H2,1-2H3,(H2,17,18,20,21,23)/t12-/m0/s1. The van der Waals surface area contributed by atoms with E-state index in [1.165, 1.54) is 0 Å². The van der Waals surface area contributed by atoms with Crippen molar-refractivity contribution in [3.63, 3.8) is 0 Å². The van der Waals surface area contributed by atoms with Crippen molar-refractivity contribution in [3.05, 3.63) is 34.7 Å². The highest BCUT2D eigenvalue weighted by atomic mass is 32.1. The first-order valence-electron chi connectivity index (χ1n) is 7.62. The van der Waals surface area contributed by atoms with E-state index in [0.29, 0.717) is 5.57 Å². The monoisotopic (exact) mass is 333 g/mol. The van der Waals surface area contributed by atoms with Gasteiger partial charge in [-0.05, 0) is 56.6 Å². The first-order valence-corrected chi connectivity index (χ1v) is 8.03. The third-order valence-electron chi connectivity index (χ3n) is 4.19. The van der Waals surface area contributed by atoms with Gasteiger partial charge in [0.2, 0.25) is 0 Å². The van der Waals surface area contributed by atoms with Crippen LogP contribution in [0.15, 0.2) is 34.7 Å². The van der Waals surface area contributed by atoms with Crippen LogP contribution in [0.1, 0.15) is 26.7 Å². The Bertz CT molecular complexity index is 628. The minimum Gasteiger partial charge on any atom is -0.376 e. The molecule has 2 N–H and O–H groups in total. The second-order valence-corrected chi connectivity index (χ2v) is 6.29. The van der Waals surface area contributed by atoms with Crippen molar-refractivity contribution < 1.29 is 14.3 Å². The number of hydrogen-bond acceptors (Lipinski definition) is 5. The predicted octanol–water partition coefficient (Wildman–Crippen LogP) is 1.12. The third-order valence-corrected chi connectivity index (χ3v) is 4.39. The lowest BCUT2D eigenvalue weighted by molar-refractivity contribution is -0.123. The van der Waals surface area contributed by atoms with Gasteiger partial charge in [0.15, 0.2) is 5.11 Å². The van der Waals surface area contributed by atoms with Gasteiger partial charge < -0.3 is 9.64 Å². The second-order valence-electron chi connectivity index (χ2n) is 5.88. The molecule has 0 aromatic carbocycles. The van der Waals surface area contributed by atoms with Crippen LogP contribution in [0, 0.1) is 0 Å². The van der Waals surface area contributed by atoms with Crippen LogP contribution in [-0.4, -0.2) is 41.1 Å². The topological polar surface area (TPSA) is 70.7 Å². The summed E-state index contributed by atoms with van der Waals surface area (Å²) in [6.07, 6.45) is 6.09. The third kappa shape index (κ3) is 3.20. The minimum absolute atomic E-state index is 0.0431. The molecule has 7 heteroatoms. The van der Waals surface area contributed by atoms with Crippen LogP contribution < -0.4 is 10.6 Å². The molecule has 0 spiro atoms. The molecule has 23 heavy (non-hydrogen) atoms. The molecule has 0 aliphatic carbocycles. The number of ether oxygens (including phenoxy) is 1. The first-order chi connectivity index (χ1) is 11.0. The minimum atomic E-state index is -0.463. The van der Waals surface area contributed by atoms with Gasteiger partial charge in [0.1, 0.15) is 5.57 Å². The number of hydrogen-bond donors (Lipinski definition) is 2. The molecular formula is C16H19N3O3S. The lowest BCUT2D eigenvalue weighted by Crippen LogP contribution is -2.51. The van der Waals surface area contributed by atoms with E-state index in [1.807, 2.05) is 26.0 Å². The lowest BCUT2D eigenvalue weighted by Gasteiger charge is -2.32. The molecule has 3 aliphatic heterocycles. The maximum Gasteiger partial charge on any atom is 0.263 e. The first kappa shape index (κ1) is 15.9. The van der Waals surface area contributed by atoms with Gasteiger partial charge in [-0.2, -0.15) is 0 Å². The number of amides is 2. The summed E-state index contributed by atoms with van der Waals surface area (Å²) < 4.78 is 5.69. The number of carbonyl (C=O) groups excluding carboxylic acids is 2. The molecule has 1 atom stereocenters. The summed E-state index contributed by atoms with van der Waals surface area (Å²) in [7, 11) is 0. The Hall–Kier alpha value is -1.99. The Labute approximate surface area is 140 Å². The largest absolute Gasteiger partial charge is 0.376 e. The molecule has 3 heterocycles. The Kier molecular flexibility index (Phi) is 4.32. The van der Waals surface area contributed by atoms with Crippen LogP contribution in [0.4, 0.5) is 0 Å². The summed E-state index contributed by atoms with van der Waals surface area (Å²) in [6.45, 7) is 5.54. The molecule has 122 valence electrons. The molecule has 0 radical (unpaired) electrons. The van der Waals surface area contributed by atoms with Gasteiger partial charge in [0.25, 0.3) is 11.8 Å². The van der Waals surface area contributed by atoms with E-state index in [2.05, 4.69) is 15.5 Å². The Morgan fingerprint density at radius 3 is 2.35 bits per heavy atom. The molecule has 2 saturated heterocycles. The number of rotatable bonds is 2. The van der Waals surface area contributed by atoms with Crippen molar-refractivity contribution >= 4 is 29.1 Å². The van der Waals surface area contributed by atoms with E-state index in [-0.39, 0.29) is 16.8 Å². The highest BCUT2D eigenvalue weighted by Crippen LogP contribution is 2.27. The van der Waals surface area contributed by atoms with Crippen LogP contribution in [0.25, 0.3) is 0 Å². The molecule has 0 bridgehead atoms. The van der Waals surface area contributed by atoms with Crippen molar-refractivity contribution in [2.45, 2.75) is 32.8 Å². The quantitative estimate of drug-likeness (QED) is 0.450. The molecule has 3 rings (SSSR count). The zero-order valence-electron chi connectivity index (χ0n) is 13.1. The van der Waals surface area contributed by atoms with E-state index >= 15 is 0 Å². The van der Waals surface area contributed by atoms with Gasteiger partial charge in [0, 0.05) is 24.5 Å². The molecule has 2 amide bonds. The van der Waals surface area contributed by atoms with Crippen LogP contribution in [-0.2, 0) is 14.3 Å². The van der Waals surface area contributed by atoms with Crippen LogP contribution in [0.3, 0.4) is 0 Å². The van der Waals surface area contributed by atoms with E-state index < -0.39 is 11.8 Å². The van der Waals surface area contributed by atoms with Gasteiger partial charge >= 0.3 is 0 Å². The number of carbonyl (C=O) groups is 2. The van der Waals surface area contributed by atoms with Crippen molar-refractivity contribution in [2.75, 3.05) is 13.2 Å². The highest BCUT2D eigenvalue weighted by molar-refractivity contribution is 7.80. The lowest BCUT2D eigenvalue weighted by atomic mass is 9.99. The zero-order valence-corrected chi connectivity index (χ0v) is 14.0. The molecule has 3 aliphatic rings. The van der Waals surface area contributed by atoms with Crippen LogP contribution in [0.2, 0.25) is 0 Å². The maximum absolute atomic E-state index is 12.1. The molecule has 0 aromatic rings. The second kappa shape index (κ2) is 6.25. The summed E-state index contributed by atoms with van der Waals surface area (Å²) in [5.41, 5.74) is 2.66. The van der Waals surface area contributed by atoms with E-state index in [4.69, 9.17) is 17.0 Å². The summed E-state index contributed by atoms with van der Waals surface area (Å²) >= 11 is 4.82. The predicted molar refractivity (Wildman–Crippen MR) is 89.1 cm³/mol. The zero-order chi connectivity index (χ0) is 16.6. The molecule has 6 nitrogen and oxygen atoms in total. The molecule has 0 saturated carbocycles. The molecule has 0 unspecified atom stereocenters. The number of allylic oxidation sites excluding steroid dienone is 5. The SMILES string of the molecule is CC1=CC(=C2C(=O)NC(=S)NC2=O)C=C(C)N1C[C@@H]1CCCO1. The number of nitrogens with zero attached hydrogens (tertiary/aromatic N) is 1. The average molecular weight is 333 g/mol. The van der Waals surface area contributed by atoms with Crippen molar-refractivity contribution in [2.24, 2.45) is 0 Å². The molecule has 2 fully saturated rings. The van der Waals surface area contributed by atoms with Crippen LogP contribution in [0.5, 0.6) is 0 Å². The highest BCUT2D eigenvalue weighted by Gasteiger charge is 2.30. The smallest absolute Gasteiger partial charge is 0.263 e. The average Bonchev–Trinajstić information content (AvgIpc) is 2.94. The van der Waals surface area contributed by atoms with E-state index in [1.54, 1.807) is 0 Å². The van der Waals surface area contributed by atoms with E-state index in [9.17, 15) is 9.59 Å². The summed E-state index contributed by atoms with van der Waals surface area (Å²) in [6, 6.07) is 0. The van der Waals surface area contributed by atoms with Gasteiger partial charge in [-0.1, -0.05) is 0 Å². The van der Waals surface area contributed by atoms with Gasteiger partial charge in [-0.25, -0.2) is 0 Å². The van der Waals surface area contributed by atoms with Gasteiger partial charge in [0.05, 0.1) is 6.10 Å². The fourth-order valence-electron chi connectivity index (χ4n) is 3.08. The fraction of sp³-hybridized carbons (Fsp3) is 0.438. The van der Waals surface area contributed by atoms with Crippen molar-refractivity contribution in [1.29, 1.82) is 0 Å². The fourth-order valence-corrected chi connectivity index (χ4v) is 3.26. The molecule has 0 aromatic heterocycles. The van der Waals surface area contributed by atoms with E-state index in [0.717, 1.165) is 37.4 Å². The van der Waals surface area contributed by atoms with Crippen molar-refractivity contribution in [3.8, 4) is 0 Å². The number of nitrogens with one attached hydrogen (secondary N) is 2. The summed E-state index contributed by atoms with van der Waals surface area (Å²) in [4.78, 5) is 26.3. The normalized spacial score (nSPS) is 25.2. The molecular weight excluding hydrogens is 314 g/mol. The Morgan fingerprint density at radius 2 is 1.83 bits per heavy atom. The summed E-state index contributed by atoms with van der Waals surface area (Å²) in [5, 5.41) is 4.98.